The van der Waals surface area contributed by atoms with Crippen LogP contribution in [0, 0.1) is 0 Å². The van der Waals surface area contributed by atoms with E-state index in [1.165, 1.54) is 0 Å². The lowest BCUT2D eigenvalue weighted by atomic mass is 9.81. The van der Waals surface area contributed by atoms with Crippen molar-refractivity contribution in [1.82, 2.24) is 4.90 Å². The predicted molar refractivity (Wildman–Crippen MR) is 97.4 cm³/mol. The molecule has 4 nitrogen and oxygen atoms in total. The molecule has 0 unspecified atom stereocenters. The number of hydrogen-bond acceptors (Lipinski definition) is 3. The number of carbonyl (C=O) groups is 1. The second-order valence-electron chi connectivity index (χ2n) is 7.28. The highest BCUT2D eigenvalue weighted by Gasteiger charge is 2.46. The summed E-state index contributed by atoms with van der Waals surface area (Å²) in [6, 6.07) is 20.1. The molecule has 0 aromatic heterocycles. The van der Waals surface area contributed by atoms with Gasteiger partial charge in [-0.2, -0.15) is 0 Å². The van der Waals surface area contributed by atoms with E-state index in [9.17, 15) is 4.79 Å². The molecule has 0 saturated carbocycles. The first-order valence-electron chi connectivity index (χ1n) is 8.63. The maximum Gasteiger partial charge on any atom is 0.411 e. The Labute approximate surface area is 149 Å². The summed E-state index contributed by atoms with van der Waals surface area (Å²) in [5.74, 6) is 0. The third kappa shape index (κ3) is 3.54. The molecule has 0 spiro atoms. The van der Waals surface area contributed by atoms with Crippen LogP contribution in [0.1, 0.15) is 31.9 Å². The van der Waals surface area contributed by atoms with Gasteiger partial charge in [0.25, 0.3) is 0 Å². The van der Waals surface area contributed by atoms with Gasteiger partial charge in [0, 0.05) is 6.54 Å². The van der Waals surface area contributed by atoms with E-state index in [-0.39, 0.29) is 6.09 Å². The van der Waals surface area contributed by atoms with Crippen LogP contribution < -0.4 is 0 Å². The summed E-state index contributed by atoms with van der Waals surface area (Å²) < 4.78 is 11.6. The molecule has 1 aliphatic rings. The first-order chi connectivity index (χ1) is 11.9. The van der Waals surface area contributed by atoms with Gasteiger partial charge >= 0.3 is 6.09 Å². The highest BCUT2D eigenvalue weighted by molar-refractivity contribution is 5.71. The van der Waals surface area contributed by atoms with Crippen molar-refractivity contribution >= 4 is 6.09 Å². The van der Waals surface area contributed by atoms with Crippen LogP contribution in [-0.4, -0.2) is 36.4 Å². The van der Waals surface area contributed by atoms with Gasteiger partial charge in [0.2, 0.25) is 0 Å². The van der Waals surface area contributed by atoms with E-state index in [2.05, 4.69) is 0 Å². The fourth-order valence-corrected chi connectivity index (χ4v) is 3.28. The molecule has 2 aromatic rings. The number of amides is 1. The second-order valence-corrected chi connectivity index (χ2v) is 7.28. The average Bonchev–Trinajstić information content (AvgIpc) is 2.61. The van der Waals surface area contributed by atoms with Crippen LogP contribution in [0.15, 0.2) is 60.7 Å². The summed E-state index contributed by atoms with van der Waals surface area (Å²) in [6.45, 7) is 7.05. The quantitative estimate of drug-likeness (QED) is 0.823. The minimum atomic E-state index is -0.691. The summed E-state index contributed by atoms with van der Waals surface area (Å²) in [7, 11) is 0. The monoisotopic (exact) mass is 339 g/mol. The average molecular weight is 339 g/mol. The summed E-state index contributed by atoms with van der Waals surface area (Å²) in [4.78, 5) is 14.8. The Morgan fingerprint density at radius 1 is 1.00 bits per heavy atom. The van der Waals surface area contributed by atoms with Crippen molar-refractivity contribution in [1.29, 1.82) is 0 Å². The Bertz CT molecular complexity index is 667. The molecule has 0 radical (unpaired) electrons. The zero-order chi connectivity index (χ0) is 17.9. The number of rotatable bonds is 2. The molecule has 0 aliphatic carbocycles. The molecule has 1 heterocycles. The maximum absolute atomic E-state index is 13.0. The minimum Gasteiger partial charge on any atom is -0.444 e. The first kappa shape index (κ1) is 17.5. The molecule has 2 aromatic carbocycles. The molecule has 1 fully saturated rings. The van der Waals surface area contributed by atoms with E-state index in [0.29, 0.717) is 19.8 Å². The minimum absolute atomic E-state index is 0.316. The zero-order valence-electron chi connectivity index (χ0n) is 15.1. The first-order valence-corrected chi connectivity index (χ1v) is 8.63. The fourth-order valence-electron chi connectivity index (χ4n) is 3.28. The summed E-state index contributed by atoms with van der Waals surface area (Å²) in [5.41, 5.74) is 0.802. The molecule has 0 N–H and O–H groups in total. The van der Waals surface area contributed by atoms with Crippen LogP contribution in [0.25, 0.3) is 0 Å². The van der Waals surface area contributed by atoms with Crippen molar-refractivity contribution in [2.24, 2.45) is 0 Å². The molecular formula is C21H25NO3. The highest BCUT2D eigenvalue weighted by Crippen LogP contribution is 2.39. The molecule has 1 saturated heterocycles. The van der Waals surface area contributed by atoms with E-state index >= 15 is 0 Å². The van der Waals surface area contributed by atoms with E-state index < -0.39 is 11.1 Å². The number of nitrogens with zero attached hydrogens (tertiary/aromatic N) is 1. The number of hydrogen-bond donors (Lipinski definition) is 0. The van der Waals surface area contributed by atoms with Crippen LogP contribution in [0.3, 0.4) is 0 Å². The molecule has 1 aliphatic heterocycles. The smallest absolute Gasteiger partial charge is 0.411 e. The van der Waals surface area contributed by atoms with Gasteiger partial charge in [-0.3, -0.25) is 4.90 Å². The van der Waals surface area contributed by atoms with Gasteiger partial charge in [-0.25, -0.2) is 4.79 Å². The third-order valence-corrected chi connectivity index (χ3v) is 4.35. The van der Waals surface area contributed by atoms with E-state index in [0.717, 1.165) is 11.1 Å². The van der Waals surface area contributed by atoms with E-state index in [1.54, 1.807) is 0 Å². The molecule has 25 heavy (non-hydrogen) atoms. The Kier molecular flexibility index (Phi) is 4.82. The highest BCUT2D eigenvalue weighted by atomic mass is 16.6. The van der Waals surface area contributed by atoms with Gasteiger partial charge in [0.1, 0.15) is 11.1 Å². The van der Waals surface area contributed by atoms with E-state index in [4.69, 9.17) is 9.47 Å². The topological polar surface area (TPSA) is 38.8 Å². The van der Waals surface area contributed by atoms with Gasteiger partial charge in [0.05, 0.1) is 13.2 Å². The fraction of sp³-hybridized carbons (Fsp3) is 0.381. The zero-order valence-corrected chi connectivity index (χ0v) is 15.1. The van der Waals surface area contributed by atoms with Crippen LogP contribution in [0.4, 0.5) is 4.79 Å². The number of benzene rings is 2. The largest absolute Gasteiger partial charge is 0.444 e. The number of morpholine rings is 1. The van der Waals surface area contributed by atoms with Gasteiger partial charge in [-0.15, -0.1) is 0 Å². The third-order valence-electron chi connectivity index (χ3n) is 4.35. The second kappa shape index (κ2) is 6.89. The maximum atomic E-state index is 13.0. The summed E-state index contributed by atoms with van der Waals surface area (Å²) in [5, 5.41) is 0. The molecule has 3 rings (SSSR count). The van der Waals surface area contributed by atoms with Crippen LogP contribution in [-0.2, 0) is 15.0 Å². The Morgan fingerprint density at radius 2 is 1.52 bits per heavy atom. The standard InChI is InChI=1S/C21H25NO3/c1-20(2,3)25-19(23)22-14-15-24-16-21(22,17-10-6-4-7-11-17)18-12-8-5-9-13-18/h4-13H,14-16H2,1-3H3. The van der Waals surface area contributed by atoms with Crippen molar-refractivity contribution in [3.63, 3.8) is 0 Å². The van der Waals surface area contributed by atoms with Crippen LogP contribution in [0.5, 0.6) is 0 Å². The Morgan fingerprint density at radius 3 is 2.00 bits per heavy atom. The van der Waals surface area contributed by atoms with Crippen LogP contribution in [0.2, 0.25) is 0 Å². The summed E-state index contributed by atoms with van der Waals surface area (Å²) >= 11 is 0. The van der Waals surface area contributed by atoms with Gasteiger partial charge in [-0.05, 0) is 31.9 Å². The molecular weight excluding hydrogens is 314 g/mol. The Balaban J connectivity index is 2.12. The molecule has 1 amide bonds. The van der Waals surface area contributed by atoms with Crippen molar-refractivity contribution < 1.29 is 14.3 Å². The van der Waals surface area contributed by atoms with Crippen molar-refractivity contribution in [2.75, 3.05) is 19.8 Å². The normalized spacial score (nSPS) is 17.2. The summed E-state index contributed by atoms with van der Waals surface area (Å²) in [6.07, 6.45) is -0.316. The predicted octanol–water partition coefficient (Wildman–Crippen LogP) is 4.20. The lowest BCUT2D eigenvalue weighted by Gasteiger charge is -2.47. The lowest BCUT2D eigenvalue weighted by molar-refractivity contribution is -0.0627. The molecule has 4 heteroatoms. The van der Waals surface area contributed by atoms with Gasteiger partial charge < -0.3 is 9.47 Å². The number of carbonyl (C=O) groups excluding carboxylic acids is 1. The lowest BCUT2D eigenvalue weighted by Crippen LogP contribution is -2.58. The molecule has 0 bridgehead atoms. The van der Waals surface area contributed by atoms with Crippen molar-refractivity contribution in [2.45, 2.75) is 31.9 Å². The van der Waals surface area contributed by atoms with Crippen LogP contribution >= 0.6 is 0 Å². The van der Waals surface area contributed by atoms with Crippen molar-refractivity contribution in [3.05, 3.63) is 71.8 Å². The van der Waals surface area contributed by atoms with Crippen molar-refractivity contribution in [3.8, 4) is 0 Å². The molecule has 132 valence electrons. The van der Waals surface area contributed by atoms with E-state index in [1.807, 2.05) is 86.3 Å². The molecule has 0 atom stereocenters. The number of ether oxygens (including phenoxy) is 2. The Hall–Kier alpha value is -2.33. The van der Waals surface area contributed by atoms with Gasteiger partial charge in [-0.1, -0.05) is 60.7 Å². The van der Waals surface area contributed by atoms with Gasteiger partial charge in [0.15, 0.2) is 0 Å². The SMILES string of the molecule is CC(C)(C)OC(=O)N1CCOCC1(c1ccccc1)c1ccccc1.